The number of nitrogens with one attached hydrogen (secondary N) is 1. The van der Waals surface area contributed by atoms with Crippen molar-refractivity contribution in [1.82, 2.24) is 9.97 Å². The van der Waals surface area contributed by atoms with Crippen LogP contribution in [0.4, 0.5) is 0 Å². The Bertz CT molecular complexity index is 553. The van der Waals surface area contributed by atoms with E-state index in [0.29, 0.717) is 10.8 Å². The standard InChI is InChI=1S/C10H6BrClN2O/c11-7-5-6(1-2-8(7)12)10-13-4-3-9(15)14-10/h1-5H,(H,13,14,15). The summed E-state index contributed by atoms with van der Waals surface area (Å²) in [7, 11) is 0. The molecule has 0 bridgehead atoms. The Labute approximate surface area is 99.3 Å². The van der Waals surface area contributed by atoms with E-state index in [4.69, 9.17) is 11.6 Å². The lowest BCUT2D eigenvalue weighted by Crippen LogP contribution is -2.05. The minimum Gasteiger partial charge on any atom is -0.307 e. The molecule has 76 valence electrons. The van der Waals surface area contributed by atoms with Gasteiger partial charge in [0, 0.05) is 22.3 Å². The normalized spacial score (nSPS) is 10.3. The Morgan fingerprint density at radius 1 is 1.33 bits per heavy atom. The Hall–Kier alpha value is -1.13. The topological polar surface area (TPSA) is 45.8 Å². The van der Waals surface area contributed by atoms with E-state index in [1.54, 1.807) is 18.2 Å². The molecule has 15 heavy (non-hydrogen) atoms. The molecule has 2 rings (SSSR count). The summed E-state index contributed by atoms with van der Waals surface area (Å²) < 4.78 is 0.771. The summed E-state index contributed by atoms with van der Waals surface area (Å²) in [6.45, 7) is 0. The van der Waals surface area contributed by atoms with E-state index < -0.39 is 0 Å². The van der Waals surface area contributed by atoms with Gasteiger partial charge in [0.05, 0.1) is 5.02 Å². The summed E-state index contributed by atoms with van der Waals surface area (Å²) in [6.07, 6.45) is 1.47. The van der Waals surface area contributed by atoms with Gasteiger partial charge < -0.3 is 4.98 Å². The molecule has 1 aromatic heterocycles. The second-order valence-corrected chi connectivity index (χ2v) is 4.17. The van der Waals surface area contributed by atoms with Gasteiger partial charge in [0.2, 0.25) is 0 Å². The first-order valence-electron chi connectivity index (χ1n) is 4.17. The van der Waals surface area contributed by atoms with Crippen LogP contribution in [0.1, 0.15) is 0 Å². The number of aromatic amines is 1. The Balaban J connectivity index is 2.55. The zero-order valence-corrected chi connectivity index (χ0v) is 9.84. The fraction of sp³-hybridized carbons (Fsp3) is 0. The van der Waals surface area contributed by atoms with Crippen molar-refractivity contribution in [2.45, 2.75) is 0 Å². The van der Waals surface area contributed by atoms with Gasteiger partial charge in [-0.2, -0.15) is 0 Å². The van der Waals surface area contributed by atoms with Crippen LogP contribution in [-0.4, -0.2) is 9.97 Å². The molecule has 0 unspecified atom stereocenters. The molecule has 0 saturated carbocycles. The molecule has 2 aromatic rings. The molecule has 5 heteroatoms. The molecule has 1 N–H and O–H groups in total. The maximum Gasteiger partial charge on any atom is 0.251 e. The lowest BCUT2D eigenvalue weighted by Gasteiger charge is -2.01. The molecule has 0 radical (unpaired) electrons. The van der Waals surface area contributed by atoms with Gasteiger partial charge in [0.15, 0.2) is 0 Å². The third-order valence-electron chi connectivity index (χ3n) is 1.86. The average molecular weight is 286 g/mol. The van der Waals surface area contributed by atoms with Crippen molar-refractivity contribution in [2.24, 2.45) is 0 Å². The summed E-state index contributed by atoms with van der Waals surface area (Å²) in [5.41, 5.74) is 0.634. The summed E-state index contributed by atoms with van der Waals surface area (Å²) in [6, 6.07) is 6.72. The molecule has 3 nitrogen and oxygen atoms in total. The molecule has 0 spiro atoms. The zero-order chi connectivity index (χ0) is 10.8. The first-order chi connectivity index (χ1) is 7.16. The highest BCUT2D eigenvalue weighted by atomic mass is 79.9. The minimum absolute atomic E-state index is 0.175. The summed E-state index contributed by atoms with van der Waals surface area (Å²) >= 11 is 9.17. The Kier molecular flexibility index (Phi) is 2.88. The average Bonchev–Trinajstić information content (AvgIpc) is 2.22. The van der Waals surface area contributed by atoms with Crippen molar-refractivity contribution in [3.63, 3.8) is 0 Å². The molecule has 1 aromatic carbocycles. The van der Waals surface area contributed by atoms with Gasteiger partial charge in [0.25, 0.3) is 5.56 Å². The van der Waals surface area contributed by atoms with E-state index in [1.165, 1.54) is 12.3 Å². The van der Waals surface area contributed by atoms with Crippen LogP contribution in [0.25, 0.3) is 11.4 Å². The van der Waals surface area contributed by atoms with Crippen LogP contribution in [0, 0.1) is 0 Å². The molecule has 1 heterocycles. The van der Waals surface area contributed by atoms with Crippen molar-refractivity contribution >= 4 is 27.5 Å². The van der Waals surface area contributed by atoms with Crippen molar-refractivity contribution in [3.8, 4) is 11.4 Å². The lowest BCUT2D eigenvalue weighted by atomic mass is 10.2. The first-order valence-corrected chi connectivity index (χ1v) is 5.34. The molecular formula is C10H6BrClN2O. The van der Waals surface area contributed by atoms with Gasteiger partial charge >= 0.3 is 0 Å². The van der Waals surface area contributed by atoms with Crippen LogP contribution in [0.5, 0.6) is 0 Å². The number of nitrogens with zero attached hydrogens (tertiary/aromatic N) is 1. The highest BCUT2D eigenvalue weighted by Gasteiger charge is 2.03. The van der Waals surface area contributed by atoms with Crippen molar-refractivity contribution in [2.75, 3.05) is 0 Å². The fourth-order valence-electron chi connectivity index (χ4n) is 1.16. The van der Waals surface area contributed by atoms with Crippen molar-refractivity contribution in [3.05, 3.63) is 50.3 Å². The quantitative estimate of drug-likeness (QED) is 0.876. The van der Waals surface area contributed by atoms with Crippen LogP contribution in [0.15, 0.2) is 39.7 Å². The number of hydrogen-bond donors (Lipinski definition) is 1. The van der Waals surface area contributed by atoms with E-state index >= 15 is 0 Å². The monoisotopic (exact) mass is 284 g/mol. The van der Waals surface area contributed by atoms with Crippen molar-refractivity contribution < 1.29 is 0 Å². The Morgan fingerprint density at radius 2 is 2.13 bits per heavy atom. The van der Waals surface area contributed by atoms with Gasteiger partial charge in [-0.25, -0.2) is 4.98 Å². The molecule has 0 atom stereocenters. The van der Waals surface area contributed by atoms with Gasteiger partial charge in [-0.05, 0) is 34.1 Å². The largest absolute Gasteiger partial charge is 0.307 e. The molecule has 0 saturated heterocycles. The molecule has 0 aliphatic heterocycles. The molecule has 0 aliphatic rings. The van der Waals surface area contributed by atoms with Crippen LogP contribution in [-0.2, 0) is 0 Å². The van der Waals surface area contributed by atoms with E-state index in [1.807, 2.05) is 0 Å². The molecular weight excluding hydrogens is 279 g/mol. The van der Waals surface area contributed by atoms with Crippen LogP contribution in [0.2, 0.25) is 5.02 Å². The van der Waals surface area contributed by atoms with E-state index in [0.717, 1.165) is 10.0 Å². The van der Waals surface area contributed by atoms with Gasteiger partial charge in [-0.3, -0.25) is 4.79 Å². The van der Waals surface area contributed by atoms with Gasteiger partial charge in [0.1, 0.15) is 5.82 Å². The zero-order valence-electron chi connectivity index (χ0n) is 7.50. The van der Waals surface area contributed by atoms with Crippen molar-refractivity contribution in [1.29, 1.82) is 0 Å². The fourth-order valence-corrected chi connectivity index (χ4v) is 1.66. The minimum atomic E-state index is -0.175. The summed E-state index contributed by atoms with van der Waals surface area (Å²) in [4.78, 5) is 17.8. The highest BCUT2D eigenvalue weighted by Crippen LogP contribution is 2.26. The Morgan fingerprint density at radius 3 is 2.80 bits per heavy atom. The molecule has 0 aliphatic carbocycles. The smallest absolute Gasteiger partial charge is 0.251 e. The number of rotatable bonds is 1. The SMILES string of the molecule is O=c1ccnc(-c2ccc(Cl)c(Br)c2)[nH]1. The lowest BCUT2D eigenvalue weighted by molar-refractivity contribution is 1.13. The van der Waals surface area contributed by atoms with E-state index in [-0.39, 0.29) is 5.56 Å². The maximum atomic E-state index is 11.1. The molecule has 0 amide bonds. The maximum absolute atomic E-state index is 11.1. The second kappa shape index (κ2) is 4.16. The van der Waals surface area contributed by atoms with E-state index in [9.17, 15) is 4.79 Å². The highest BCUT2D eigenvalue weighted by molar-refractivity contribution is 9.10. The first kappa shape index (κ1) is 10.4. The summed E-state index contributed by atoms with van der Waals surface area (Å²) in [5, 5.41) is 0.622. The third kappa shape index (κ3) is 2.27. The number of halogens is 2. The number of hydrogen-bond acceptors (Lipinski definition) is 2. The number of benzene rings is 1. The van der Waals surface area contributed by atoms with Crippen LogP contribution in [0.3, 0.4) is 0 Å². The van der Waals surface area contributed by atoms with Gasteiger partial charge in [-0.1, -0.05) is 11.6 Å². The van der Waals surface area contributed by atoms with Gasteiger partial charge in [-0.15, -0.1) is 0 Å². The summed E-state index contributed by atoms with van der Waals surface area (Å²) in [5.74, 6) is 0.528. The second-order valence-electron chi connectivity index (χ2n) is 2.91. The van der Waals surface area contributed by atoms with Crippen LogP contribution < -0.4 is 5.56 Å². The third-order valence-corrected chi connectivity index (χ3v) is 3.08. The molecule has 0 fully saturated rings. The van der Waals surface area contributed by atoms with E-state index in [2.05, 4.69) is 25.9 Å². The predicted octanol–water partition coefficient (Wildman–Crippen LogP) is 2.85. The number of H-pyrrole nitrogens is 1. The predicted molar refractivity (Wildman–Crippen MR) is 63.0 cm³/mol. The van der Waals surface area contributed by atoms with Crippen LogP contribution >= 0.6 is 27.5 Å². The number of aromatic nitrogens is 2.